The summed E-state index contributed by atoms with van der Waals surface area (Å²) in [5, 5.41) is 4.11. The third kappa shape index (κ3) is 7.82. The molecule has 0 saturated carbocycles. The lowest BCUT2D eigenvalue weighted by Gasteiger charge is -2.12. The third-order valence-electron chi connectivity index (χ3n) is 5.50. The Morgan fingerprint density at radius 1 is 1.12 bits per heavy atom. The van der Waals surface area contributed by atoms with E-state index in [4.69, 9.17) is 16.3 Å². The molecule has 2 N–H and O–H groups in total. The monoisotopic (exact) mass is 520 g/mol. The van der Waals surface area contributed by atoms with Crippen molar-refractivity contribution in [3.8, 4) is 5.06 Å². The number of hydrogen-bond acceptors (Lipinski definition) is 5. The molecule has 184 valence electrons. The van der Waals surface area contributed by atoms with Gasteiger partial charge in [-0.3, -0.25) is 0 Å². The number of rotatable bonds is 13. The first-order valence-electron chi connectivity index (χ1n) is 11.7. The van der Waals surface area contributed by atoms with Crippen LogP contribution in [0.25, 0.3) is 0 Å². The molecule has 1 heterocycles. The second kappa shape index (κ2) is 13.3. The summed E-state index contributed by atoms with van der Waals surface area (Å²) in [7, 11) is -3.67. The van der Waals surface area contributed by atoms with Crippen molar-refractivity contribution < 1.29 is 13.2 Å². The lowest BCUT2D eigenvalue weighted by Crippen LogP contribution is -2.25. The Morgan fingerprint density at radius 3 is 2.68 bits per heavy atom. The zero-order valence-corrected chi connectivity index (χ0v) is 22.2. The molecule has 0 radical (unpaired) electrons. The fourth-order valence-corrected chi connectivity index (χ4v) is 6.28. The molecule has 8 heteroatoms. The van der Waals surface area contributed by atoms with Crippen LogP contribution < -0.4 is 14.8 Å². The highest BCUT2D eigenvalue weighted by molar-refractivity contribution is 7.91. The molecule has 0 unspecified atom stereocenters. The summed E-state index contributed by atoms with van der Waals surface area (Å²) in [4.78, 5) is 0. The SMILES string of the molecule is CCCNCCCC1=CCC=CC(Oc2sc(S(=O)(=O)NCCc3ccccc3)cc2Cl)=C1C. The Labute approximate surface area is 212 Å². The number of thiophene rings is 1. The Morgan fingerprint density at radius 2 is 1.91 bits per heavy atom. The predicted molar refractivity (Wildman–Crippen MR) is 142 cm³/mol. The highest BCUT2D eigenvalue weighted by Gasteiger charge is 2.21. The highest BCUT2D eigenvalue weighted by Crippen LogP contribution is 2.39. The average molecular weight is 521 g/mol. The molecule has 34 heavy (non-hydrogen) atoms. The quantitative estimate of drug-likeness (QED) is 0.307. The number of sulfonamides is 1. The number of benzene rings is 1. The molecule has 1 aromatic carbocycles. The molecular formula is C26H33ClN2O3S2. The molecule has 0 amide bonds. The minimum absolute atomic E-state index is 0.147. The largest absolute Gasteiger partial charge is 0.445 e. The van der Waals surface area contributed by atoms with E-state index in [0.717, 1.165) is 61.2 Å². The molecule has 0 fully saturated rings. The van der Waals surface area contributed by atoms with Gasteiger partial charge in [-0.15, -0.1) is 0 Å². The molecular weight excluding hydrogens is 488 g/mol. The predicted octanol–water partition coefficient (Wildman–Crippen LogP) is 6.24. The van der Waals surface area contributed by atoms with Crippen molar-refractivity contribution >= 4 is 33.0 Å². The first-order chi connectivity index (χ1) is 16.4. The van der Waals surface area contributed by atoms with E-state index in [2.05, 4.69) is 23.0 Å². The first-order valence-corrected chi connectivity index (χ1v) is 14.4. The molecule has 5 nitrogen and oxygen atoms in total. The molecule has 1 aliphatic rings. The number of allylic oxidation sites excluding steroid dienone is 5. The summed E-state index contributed by atoms with van der Waals surface area (Å²) in [5.41, 5.74) is 3.38. The summed E-state index contributed by atoms with van der Waals surface area (Å²) < 4.78 is 34.5. The van der Waals surface area contributed by atoms with Crippen LogP contribution >= 0.6 is 22.9 Å². The van der Waals surface area contributed by atoms with E-state index in [1.54, 1.807) is 0 Å². The van der Waals surface area contributed by atoms with E-state index in [1.165, 1.54) is 11.6 Å². The summed E-state index contributed by atoms with van der Waals surface area (Å²) in [6.07, 6.45) is 10.8. The van der Waals surface area contributed by atoms with Gasteiger partial charge in [-0.25, -0.2) is 13.1 Å². The summed E-state index contributed by atoms with van der Waals surface area (Å²) in [5.74, 6) is 0.704. The van der Waals surface area contributed by atoms with E-state index in [0.29, 0.717) is 28.8 Å². The Balaban J connectivity index is 1.65. The van der Waals surface area contributed by atoms with Gasteiger partial charge in [-0.1, -0.05) is 72.3 Å². The minimum Gasteiger partial charge on any atom is -0.445 e. The molecule has 1 aliphatic carbocycles. The van der Waals surface area contributed by atoms with E-state index in [9.17, 15) is 8.42 Å². The number of ether oxygens (including phenoxy) is 1. The molecule has 3 rings (SSSR count). The molecule has 0 spiro atoms. The van der Waals surface area contributed by atoms with Gasteiger partial charge in [-0.2, -0.15) is 0 Å². The van der Waals surface area contributed by atoms with Gasteiger partial charge in [0.15, 0.2) is 0 Å². The van der Waals surface area contributed by atoms with Crippen molar-refractivity contribution in [3.05, 3.63) is 82.1 Å². The van der Waals surface area contributed by atoms with Crippen LogP contribution in [0.4, 0.5) is 0 Å². The molecule has 1 aromatic heterocycles. The fraction of sp³-hybridized carbons (Fsp3) is 0.385. The maximum absolute atomic E-state index is 12.8. The normalized spacial score (nSPS) is 14.3. The lowest BCUT2D eigenvalue weighted by molar-refractivity contribution is 0.451. The number of nitrogens with one attached hydrogen (secondary N) is 2. The van der Waals surface area contributed by atoms with Crippen molar-refractivity contribution in [2.45, 2.75) is 50.2 Å². The van der Waals surface area contributed by atoms with Gasteiger partial charge in [0.2, 0.25) is 15.1 Å². The van der Waals surface area contributed by atoms with Crippen LogP contribution in [0.5, 0.6) is 5.06 Å². The van der Waals surface area contributed by atoms with Gasteiger partial charge in [0, 0.05) is 6.54 Å². The molecule has 0 atom stereocenters. The van der Waals surface area contributed by atoms with Crippen LogP contribution in [0.15, 0.2) is 75.7 Å². The number of halogens is 1. The number of hydrogen-bond donors (Lipinski definition) is 2. The molecule has 0 aliphatic heterocycles. The second-order valence-electron chi connectivity index (χ2n) is 8.15. The average Bonchev–Trinajstić information content (AvgIpc) is 3.11. The molecule has 0 saturated heterocycles. The van der Waals surface area contributed by atoms with Gasteiger partial charge in [0.1, 0.15) is 9.97 Å². The van der Waals surface area contributed by atoms with Gasteiger partial charge < -0.3 is 10.1 Å². The van der Waals surface area contributed by atoms with Gasteiger partial charge in [0.25, 0.3) is 0 Å². The molecule has 2 aromatic rings. The zero-order chi connectivity index (χ0) is 24.4. The Kier molecular flexibility index (Phi) is 10.4. The topological polar surface area (TPSA) is 67.4 Å². The van der Waals surface area contributed by atoms with E-state index < -0.39 is 10.0 Å². The van der Waals surface area contributed by atoms with Crippen LogP contribution in [0.2, 0.25) is 5.02 Å². The van der Waals surface area contributed by atoms with Gasteiger partial charge >= 0.3 is 0 Å². The lowest BCUT2D eigenvalue weighted by atomic mass is 10.0. The smallest absolute Gasteiger partial charge is 0.250 e. The molecule has 0 bridgehead atoms. The van der Waals surface area contributed by atoms with Crippen LogP contribution in [-0.2, 0) is 16.4 Å². The summed E-state index contributed by atoms with van der Waals surface area (Å²) >= 11 is 7.42. The van der Waals surface area contributed by atoms with Crippen molar-refractivity contribution in [3.63, 3.8) is 0 Å². The van der Waals surface area contributed by atoms with Crippen LogP contribution in [-0.4, -0.2) is 28.1 Å². The van der Waals surface area contributed by atoms with Crippen LogP contribution in [0, 0.1) is 0 Å². The van der Waals surface area contributed by atoms with E-state index in [1.807, 2.05) is 49.4 Å². The zero-order valence-electron chi connectivity index (χ0n) is 19.8. The van der Waals surface area contributed by atoms with E-state index >= 15 is 0 Å². The standard InChI is InChI=1S/C26H33ClN2O3S2/c1-3-16-28-17-9-13-22-12-7-8-14-24(20(22)2)32-26-23(27)19-25(33-26)34(30,31)29-18-15-21-10-5-4-6-11-21/h4-6,8,10-12,14,19,28-29H,3,7,9,13,15-18H2,1-2H3. The Bertz CT molecular complexity index is 1140. The van der Waals surface area contributed by atoms with Crippen LogP contribution in [0.3, 0.4) is 0 Å². The third-order valence-corrected chi connectivity index (χ3v) is 8.84. The van der Waals surface area contributed by atoms with Crippen molar-refractivity contribution in [1.29, 1.82) is 0 Å². The van der Waals surface area contributed by atoms with Crippen molar-refractivity contribution in [1.82, 2.24) is 10.0 Å². The first kappa shape index (κ1) is 26.7. The highest BCUT2D eigenvalue weighted by atomic mass is 35.5. The minimum atomic E-state index is -3.67. The van der Waals surface area contributed by atoms with Crippen LogP contribution in [0.1, 0.15) is 45.1 Å². The fourth-order valence-electron chi connectivity index (χ4n) is 3.61. The van der Waals surface area contributed by atoms with E-state index in [-0.39, 0.29) is 4.21 Å². The summed E-state index contributed by atoms with van der Waals surface area (Å²) in [6, 6.07) is 11.2. The van der Waals surface area contributed by atoms with Gasteiger partial charge in [-0.05, 0) is 81.0 Å². The maximum Gasteiger partial charge on any atom is 0.250 e. The van der Waals surface area contributed by atoms with Crippen molar-refractivity contribution in [2.24, 2.45) is 0 Å². The second-order valence-corrected chi connectivity index (χ2v) is 11.6. The van der Waals surface area contributed by atoms with Crippen molar-refractivity contribution in [2.75, 3.05) is 19.6 Å². The summed E-state index contributed by atoms with van der Waals surface area (Å²) in [6.45, 7) is 6.54. The Hall–Kier alpha value is -1.90. The van der Waals surface area contributed by atoms with Gasteiger partial charge in [0.05, 0.1) is 5.02 Å². The maximum atomic E-state index is 12.8.